The number of rotatable bonds is 8. The molecular weight excluding hydrogens is 459 g/mol. The summed E-state index contributed by atoms with van der Waals surface area (Å²) in [6.45, 7) is 2.19. The molecule has 0 atom stereocenters. The van der Waals surface area contributed by atoms with E-state index in [4.69, 9.17) is 20.4 Å². The molecule has 2 aromatic rings. The van der Waals surface area contributed by atoms with Gasteiger partial charge in [-0.25, -0.2) is 0 Å². The van der Waals surface area contributed by atoms with Gasteiger partial charge in [0, 0.05) is 50.5 Å². The largest absolute Gasteiger partial charge is 2.00 e. The van der Waals surface area contributed by atoms with Crippen LogP contribution in [0.25, 0.3) is 0 Å². The zero-order valence-corrected chi connectivity index (χ0v) is 17.4. The van der Waals surface area contributed by atoms with E-state index in [1.807, 2.05) is 36.4 Å². The Bertz CT molecular complexity index is 638. The minimum Gasteiger partial charge on any atom is -0.593 e. The minimum atomic E-state index is 0. The molecule has 28 heavy (non-hydrogen) atoms. The van der Waals surface area contributed by atoms with Gasteiger partial charge in [-0.15, -0.1) is 0 Å². The van der Waals surface area contributed by atoms with Gasteiger partial charge in [-0.2, -0.15) is 0 Å². The first-order valence-electron chi connectivity index (χ1n) is 8.59. The van der Waals surface area contributed by atoms with E-state index in [9.17, 15) is 0 Å². The molecule has 0 aliphatic heterocycles. The molecule has 158 valence electrons. The Morgan fingerprint density at radius 3 is 1.32 bits per heavy atom. The Morgan fingerprint density at radius 1 is 0.643 bits per heavy atom. The van der Waals surface area contributed by atoms with Gasteiger partial charge in [0.2, 0.25) is 0 Å². The molecule has 2 radical (unpaired) electrons. The predicted molar refractivity (Wildman–Crippen MR) is 110 cm³/mol. The van der Waals surface area contributed by atoms with Crippen LogP contribution >= 0.6 is 0 Å². The quantitative estimate of drug-likeness (QED) is 0.230. The first-order valence-corrected chi connectivity index (χ1v) is 8.59. The van der Waals surface area contributed by atoms with E-state index < -0.39 is 0 Å². The van der Waals surface area contributed by atoms with E-state index in [0.717, 1.165) is 24.0 Å². The molecule has 8 N–H and O–H groups in total. The molecule has 0 aromatic heterocycles. The average Bonchev–Trinajstić information content (AvgIpc) is 2.66. The summed E-state index contributed by atoms with van der Waals surface area (Å²) in [5, 5.41) is 28.9. The van der Waals surface area contributed by atoms with Crippen LogP contribution in [0.15, 0.2) is 58.5 Å². The van der Waals surface area contributed by atoms with Crippen molar-refractivity contribution < 1.29 is 54.6 Å². The molecule has 2 rings (SSSR count). The van der Waals surface area contributed by atoms with Gasteiger partial charge in [0.15, 0.2) is 0 Å². The van der Waals surface area contributed by atoms with Crippen molar-refractivity contribution in [1.29, 1.82) is 0 Å². The number of hydrogen-bond donors (Lipinski definition) is 0. The normalized spacial score (nSPS) is 10.1. The Kier molecular flexibility index (Phi) is 19.1. The van der Waals surface area contributed by atoms with Crippen molar-refractivity contribution in [3.05, 3.63) is 59.7 Å². The molecule has 0 saturated heterocycles. The maximum atomic E-state index is 7.52. The van der Waals surface area contributed by atoms with Gasteiger partial charge in [0.25, 0.3) is 11.5 Å². The molecule has 0 unspecified atom stereocenters. The summed E-state index contributed by atoms with van der Waals surface area (Å²) in [4.78, 5) is 8.25. The zero-order chi connectivity index (χ0) is 19.0. The third-order valence-corrected chi connectivity index (χ3v) is 3.31. The van der Waals surface area contributed by atoms with Crippen LogP contribution in [0.5, 0.6) is 11.5 Å². The molecule has 0 spiro atoms. The van der Waals surface area contributed by atoms with Gasteiger partial charge < -0.3 is 20.4 Å². The van der Waals surface area contributed by atoms with Crippen LogP contribution in [-0.2, 0) is 34.1 Å². The van der Waals surface area contributed by atoms with Crippen molar-refractivity contribution >= 4 is 12.4 Å². The van der Waals surface area contributed by atoms with Crippen molar-refractivity contribution in [2.45, 2.75) is 12.8 Å². The Morgan fingerprint density at radius 2 is 1.00 bits per heavy atom. The van der Waals surface area contributed by atoms with Crippen molar-refractivity contribution in [3.8, 4) is 11.5 Å². The molecule has 0 aliphatic carbocycles. The van der Waals surface area contributed by atoms with Gasteiger partial charge in [-0.3, -0.25) is 9.98 Å². The van der Waals surface area contributed by atoms with Crippen molar-refractivity contribution in [2.75, 3.05) is 26.3 Å². The molecule has 0 fully saturated rings. The molecule has 0 saturated carbocycles. The Balaban J connectivity index is 0. The molecule has 0 amide bonds. The number of nitrogens with zero attached hydrogens (tertiary/aromatic N) is 2. The summed E-state index contributed by atoms with van der Waals surface area (Å²) in [5.74, 6) is 0.995. The fourth-order valence-electron chi connectivity index (χ4n) is 1.89. The maximum absolute atomic E-state index is 7.52. The van der Waals surface area contributed by atoms with Crippen LogP contribution < -0.4 is 0 Å². The van der Waals surface area contributed by atoms with Crippen molar-refractivity contribution in [2.24, 2.45) is 9.98 Å². The van der Waals surface area contributed by atoms with Gasteiger partial charge in [0.05, 0.1) is 11.1 Å². The van der Waals surface area contributed by atoms with Crippen LogP contribution in [0.1, 0.15) is 24.0 Å². The zero-order valence-electron chi connectivity index (χ0n) is 15.5. The molecule has 0 heterocycles. The van der Waals surface area contributed by atoms with Crippen LogP contribution in [-0.4, -0.2) is 59.2 Å². The molecule has 0 aliphatic rings. The fourth-order valence-corrected chi connectivity index (χ4v) is 1.89. The van der Waals surface area contributed by atoms with Crippen LogP contribution in [0, 0.1) is 0 Å². The van der Waals surface area contributed by atoms with Gasteiger partial charge in [-0.1, -0.05) is 24.3 Å². The number of para-hydroxylation sites is 2. The molecule has 6 nitrogen and oxygen atoms in total. The monoisotopic (exact) mass is 488 g/mol. The molecular formula is C20H30Cu2N2O4+8. The Labute approximate surface area is 187 Å². The minimum absolute atomic E-state index is 0. The summed E-state index contributed by atoms with van der Waals surface area (Å²) in [6, 6.07) is 14.7. The second-order valence-corrected chi connectivity index (χ2v) is 5.45. The summed E-state index contributed by atoms with van der Waals surface area (Å²) < 4.78 is 0. The van der Waals surface area contributed by atoms with Crippen molar-refractivity contribution in [3.63, 3.8) is 0 Å². The third-order valence-electron chi connectivity index (χ3n) is 3.31. The molecule has 2 aromatic carbocycles. The number of hydrogen-bond acceptors (Lipinski definition) is 2. The Hall–Kier alpha value is -1.66. The second kappa shape index (κ2) is 18.7. The van der Waals surface area contributed by atoms with E-state index >= 15 is 0 Å². The van der Waals surface area contributed by atoms with E-state index in [2.05, 4.69) is 9.98 Å². The maximum Gasteiger partial charge on any atom is 2.00 e. The SMILES string of the molecule is [Cu+2].[Cu+2].[OH2+]CCCN=Cc1ccccc1[OH2+].[OH2+]CCCN=Cc1ccccc1[OH2+]. The van der Waals surface area contributed by atoms with E-state index in [-0.39, 0.29) is 34.1 Å². The molecule has 8 heteroatoms. The second-order valence-electron chi connectivity index (χ2n) is 5.45. The standard InChI is InChI=1S/2C10H13NO2.2Cu/c2*12-7-3-6-11-8-9-4-1-2-5-10(9)13;;/h2*1-2,4-5,8,12-13H,3,6-7H2;;/q;;2*+2/p+4. The first kappa shape index (κ1) is 28.5. The summed E-state index contributed by atoms with van der Waals surface area (Å²) in [7, 11) is 0. The van der Waals surface area contributed by atoms with Crippen LogP contribution in [0.3, 0.4) is 0 Å². The summed E-state index contributed by atoms with van der Waals surface area (Å²) in [6.07, 6.45) is 4.99. The van der Waals surface area contributed by atoms with E-state index in [1.165, 1.54) is 0 Å². The van der Waals surface area contributed by atoms with E-state index in [0.29, 0.717) is 37.8 Å². The smallest absolute Gasteiger partial charge is 0.593 e. The summed E-state index contributed by atoms with van der Waals surface area (Å²) >= 11 is 0. The number of aliphatic imine (C=N–C) groups is 2. The van der Waals surface area contributed by atoms with Gasteiger partial charge in [-0.05, 0) is 12.1 Å². The van der Waals surface area contributed by atoms with Gasteiger partial charge in [0.1, 0.15) is 13.2 Å². The van der Waals surface area contributed by atoms with Crippen LogP contribution in [0.2, 0.25) is 0 Å². The number of benzene rings is 2. The van der Waals surface area contributed by atoms with Crippen molar-refractivity contribution in [1.82, 2.24) is 0 Å². The fraction of sp³-hybridized carbons (Fsp3) is 0.300. The van der Waals surface area contributed by atoms with E-state index in [1.54, 1.807) is 24.6 Å². The predicted octanol–water partition coefficient (Wildman–Crippen LogP) is 1.31. The molecule has 0 bridgehead atoms. The average molecular weight is 490 g/mol. The van der Waals surface area contributed by atoms with Crippen LogP contribution in [0.4, 0.5) is 0 Å². The summed E-state index contributed by atoms with van der Waals surface area (Å²) in [5.41, 5.74) is 1.68. The topological polar surface area (TPSA) is 116 Å². The third kappa shape index (κ3) is 12.7. The van der Waals surface area contributed by atoms with Gasteiger partial charge >= 0.3 is 34.1 Å². The first-order chi connectivity index (χ1) is 12.7.